The van der Waals surface area contributed by atoms with Gasteiger partial charge in [0, 0.05) is 46.3 Å². The van der Waals surface area contributed by atoms with E-state index in [1.54, 1.807) is 14.2 Å². The summed E-state index contributed by atoms with van der Waals surface area (Å²) in [6, 6.07) is 30.6. The average Bonchev–Trinajstić information content (AvgIpc) is 3.44. The van der Waals surface area contributed by atoms with E-state index in [4.69, 9.17) is 18.9 Å². The highest BCUT2D eigenvalue weighted by atomic mass is 16.5. The number of methoxy groups -OCH3 is 2. The number of rotatable bonds is 7. The number of aryl methyl sites for hydroxylation is 1. The van der Waals surface area contributed by atoms with E-state index in [1.165, 1.54) is 38.9 Å². The van der Waals surface area contributed by atoms with E-state index in [2.05, 4.69) is 111 Å². The zero-order valence-electron chi connectivity index (χ0n) is 28.6. The molecular weight excluding hydrogens is 594 g/mol. The average molecular weight is 638 g/mol. The largest absolute Gasteiger partial charge is 0.497 e. The van der Waals surface area contributed by atoms with Gasteiger partial charge in [0.1, 0.15) is 17.2 Å². The van der Waals surface area contributed by atoms with E-state index >= 15 is 0 Å². The van der Waals surface area contributed by atoms with E-state index < -0.39 is 5.60 Å². The van der Waals surface area contributed by atoms with Crippen LogP contribution in [0.3, 0.4) is 0 Å². The summed E-state index contributed by atoms with van der Waals surface area (Å²) in [7, 11) is 3.44. The summed E-state index contributed by atoms with van der Waals surface area (Å²) in [4.78, 5) is 2.39. The predicted octanol–water partition coefficient (Wildman–Crippen LogP) is 9.44. The van der Waals surface area contributed by atoms with Crippen LogP contribution in [0.5, 0.6) is 17.2 Å². The molecule has 5 aromatic rings. The molecule has 2 aliphatic heterocycles. The SMILES string of the molecule is CCC1(CC)c2cc(C)ccc2-c2c1c1c(c3cc(OC)ccc23)OC(c2ccc(OC)cc2)(c2ccc(N3CCOCC3)cc2)C=C1. The van der Waals surface area contributed by atoms with Crippen molar-refractivity contribution in [2.75, 3.05) is 45.4 Å². The van der Waals surface area contributed by atoms with Crippen molar-refractivity contribution in [2.24, 2.45) is 0 Å². The fourth-order valence-corrected chi connectivity index (χ4v) is 8.47. The minimum Gasteiger partial charge on any atom is -0.497 e. The molecule has 0 spiro atoms. The van der Waals surface area contributed by atoms with Crippen LogP contribution in [0.25, 0.3) is 28.0 Å². The Bertz CT molecular complexity index is 2040. The summed E-state index contributed by atoms with van der Waals surface area (Å²) < 4.78 is 24.6. The molecule has 1 aliphatic carbocycles. The molecule has 0 aromatic heterocycles. The van der Waals surface area contributed by atoms with Gasteiger partial charge in [-0.3, -0.25) is 0 Å². The van der Waals surface area contributed by atoms with Gasteiger partial charge < -0.3 is 23.8 Å². The van der Waals surface area contributed by atoms with Crippen LogP contribution in [-0.4, -0.2) is 40.5 Å². The molecule has 5 aromatic carbocycles. The highest BCUT2D eigenvalue weighted by Crippen LogP contribution is 2.60. The van der Waals surface area contributed by atoms with Crippen molar-refractivity contribution in [1.82, 2.24) is 0 Å². The number of anilines is 1. The molecule has 0 radical (unpaired) electrons. The van der Waals surface area contributed by atoms with Crippen molar-refractivity contribution < 1.29 is 18.9 Å². The predicted molar refractivity (Wildman–Crippen MR) is 195 cm³/mol. The molecule has 2 heterocycles. The number of hydrogen-bond acceptors (Lipinski definition) is 5. The number of nitrogens with zero attached hydrogens (tertiary/aromatic N) is 1. The normalized spacial score (nSPS) is 19.0. The zero-order chi connectivity index (χ0) is 33.0. The third-order valence-corrected chi connectivity index (χ3v) is 11.1. The lowest BCUT2D eigenvalue weighted by atomic mass is 9.71. The summed E-state index contributed by atoms with van der Waals surface area (Å²) in [5.41, 5.74) is 10.2. The van der Waals surface area contributed by atoms with E-state index in [-0.39, 0.29) is 5.41 Å². The molecule has 0 amide bonds. The van der Waals surface area contributed by atoms with Gasteiger partial charge in [-0.2, -0.15) is 0 Å². The Morgan fingerprint density at radius 1 is 0.750 bits per heavy atom. The molecule has 0 bridgehead atoms. The van der Waals surface area contributed by atoms with Crippen molar-refractivity contribution in [3.05, 3.63) is 124 Å². The van der Waals surface area contributed by atoms with Crippen LogP contribution in [0.1, 0.15) is 60.1 Å². The monoisotopic (exact) mass is 637 g/mol. The molecule has 1 unspecified atom stereocenters. The first-order valence-electron chi connectivity index (χ1n) is 17.2. The highest BCUT2D eigenvalue weighted by molar-refractivity contribution is 6.09. The standard InChI is InChI=1S/C43H43NO4/c1-6-42(7-2)38-26-28(3)8-18-35(38)39-34-19-17-33(46-5)27-37(34)41-36(40(39)42)20-21-43(48-41,30-11-15-32(45-4)16-12-30)29-9-13-31(14-10-29)44-22-24-47-25-23-44/h8-21,26-27H,6-7,22-25H2,1-5H3. The first-order chi connectivity index (χ1) is 23.5. The number of fused-ring (bicyclic) bond motifs is 8. The molecule has 1 atom stereocenters. The zero-order valence-corrected chi connectivity index (χ0v) is 28.6. The first kappa shape index (κ1) is 30.6. The van der Waals surface area contributed by atoms with Gasteiger partial charge >= 0.3 is 0 Å². The highest BCUT2D eigenvalue weighted by Gasteiger charge is 2.47. The Kier molecular flexibility index (Phi) is 7.48. The Labute approximate surface area is 283 Å². The van der Waals surface area contributed by atoms with Crippen molar-refractivity contribution in [3.63, 3.8) is 0 Å². The van der Waals surface area contributed by atoms with E-state index in [9.17, 15) is 0 Å². The van der Waals surface area contributed by atoms with Gasteiger partial charge in [-0.05, 0) is 95.9 Å². The van der Waals surface area contributed by atoms with Gasteiger partial charge in [0.15, 0.2) is 5.60 Å². The molecule has 5 nitrogen and oxygen atoms in total. The molecule has 1 saturated heterocycles. The second-order valence-corrected chi connectivity index (χ2v) is 13.3. The Hall–Kier alpha value is -4.74. The van der Waals surface area contributed by atoms with Crippen molar-refractivity contribution in [2.45, 2.75) is 44.6 Å². The molecule has 3 aliphatic rings. The molecule has 0 N–H and O–H groups in total. The quantitative estimate of drug-likeness (QED) is 0.178. The van der Waals surface area contributed by atoms with Crippen LogP contribution >= 0.6 is 0 Å². The van der Waals surface area contributed by atoms with Gasteiger partial charge in [0.2, 0.25) is 0 Å². The number of benzene rings is 5. The Morgan fingerprint density at radius 3 is 2.08 bits per heavy atom. The topological polar surface area (TPSA) is 40.2 Å². The molecule has 0 saturated carbocycles. The fraction of sp³-hybridized carbons (Fsp3) is 0.302. The maximum atomic E-state index is 7.58. The van der Waals surface area contributed by atoms with Crippen LogP contribution in [0.4, 0.5) is 5.69 Å². The smallest absolute Gasteiger partial charge is 0.178 e. The Balaban J connectivity index is 1.39. The molecule has 48 heavy (non-hydrogen) atoms. The minimum absolute atomic E-state index is 0.123. The fourth-order valence-electron chi connectivity index (χ4n) is 8.47. The summed E-state index contributed by atoms with van der Waals surface area (Å²) in [5, 5.41) is 2.25. The molecule has 5 heteroatoms. The number of ether oxygens (including phenoxy) is 4. The lowest BCUT2D eigenvalue weighted by Gasteiger charge is -2.39. The summed E-state index contributed by atoms with van der Waals surface area (Å²) in [6.07, 6.45) is 6.62. The van der Waals surface area contributed by atoms with Crippen molar-refractivity contribution in [3.8, 4) is 28.4 Å². The Morgan fingerprint density at radius 2 is 1.42 bits per heavy atom. The first-order valence-corrected chi connectivity index (χ1v) is 17.2. The van der Waals surface area contributed by atoms with E-state index in [1.807, 2.05) is 12.1 Å². The van der Waals surface area contributed by atoms with Crippen LogP contribution in [0, 0.1) is 6.92 Å². The summed E-state index contributed by atoms with van der Waals surface area (Å²) in [6.45, 7) is 10.2. The second kappa shape index (κ2) is 11.7. The molecule has 8 rings (SSSR count). The summed E-state index contributed by atoms with van der Waals surface area (Å²) in [5.74, 6) is 2.52. The van der Waals surface area contributed by atoms with Gasteiger partial charge in [-0.25, -0.2) is 0 Å². The summed E-state index contributed by atoms with van der Waals surface area (Å²) >= 11 is 0. The van der Waals surface area contributed by atoms with Crippen LogP contribution < -0.4 is 19.1 Å². The van der Waals surface area contributed by atoms with Gasteiger partial charge in [0.25, 0.3) is 0 Å². The van der Waals surface area contributed by atoms with Gasteiger partial charge in [-0.1, -0.05) is 68.0 Å². The molecular formula is C43H43NO4. The third kappa shape index (κ3) is 4.47. The van der Waals surface area contributed by atoms with E-state index in [0.717, 1.165) is 78.5 Å². The maximum absolute atomic E-state index is 7.58. The van der Waals surface area contributed by atoms with Gasteiger partial charge in [0.05, 0.1) is 27.4 Å². The van der Waals surface area contributed by atoms with Crippen molar-refractivity contribution in [1.29, 1.82) is 0 Å². The van der Waals surface area contributed by atoms with Gasteiger partial charge in [-0.15, -0.1) is 0 Å². The molecule has 1 fully saturated rings. The third-order valence-electron chi connectivity index (χ3n) is 11.1. The van der Waals surface area contributed by atoms with Crippen molar-refractivity contribution >= 4 is 22.5 Å². The number of hydrogen-bond donors (Lipinski definition) is 0. The van der Waals surface area contributed by atoms with E-state index in [0.29, 0.717) is 0 Å². The lowest BCUT2D eigenvalue weighted by Crippen LogP contribution is -2.37. The number of morpholine rings is 1. The lowest BCUT2D eigenvalue weighted by molar-refractivity contribution is 0.122. The van der Waals surface area contributed by atoms with Crippen LogP contribution in [0.2, 0.25) is 0 Å². The molecule has 244 valence electrons. The maximum Gasteiger partial charge on any atom is 0.178 e. The van der Waals surface area contributed by atoms with Crippen LogP contribution in [-0.2, 0) is 15.8 Å². The second-order valence-electron chi connectivity index (χ2n) is 13.3. The van der Waals surface area contributed by atoms with Crippen LogP contribution in [0.15, 0.2) is 91.0 Å². The minimum atomic E-state index is -0.865.